The predicted octanol–water partition coefficient (Wildman–Crippen LogP) is 4.40. The first kappa shape index (κ1) is 22.0. The van der Waals surface area contributed by atoms with Crippen LogP contribution in [0.5, 0.6) is 5.75 Å². The number of halogens is 2. The number of nitrogens with zero attached hydrogens (tertiary/aromatic N) is 2. The summed E-state index contributed by atoms with van der Waals surface area (Å²) in [5.41, 5.74) is 2.89. The molecule has 7 nitrogen and oxygen atoms in total. The molecule has 0 aliphatic carbocycles. The second-order valence-corrected chi connectivity index (χ2v) is 10.8. The highest BCUT2D eigenvalue weighted by Crippen LogP contribution is 2.32. The van der Waals surface area contributed by atoms with Crippen LogP contribution in [0.4, 0.5) is 5.69 Å². The minimum absolute atomic E-state index is 0.122. The van der Waals surface area contributed by atoms with Gasteiger partial charge in [0.1, 0.15) is 22.0 Å². The van der Waals surface area contributed by atoms with Crippen LogP contribution in [0.15, 0.2) is 46.8 Å². The molecule has 0 fully saturated rings. The first-order valence-corrected chi connectivity index (χ1v) is 12.6. The molecule has 11 heteroatoms. The van der Waals surface area contributed by atoms with E-state index in [9.17, 15) is 13.2 Å². The lowest BCUT2D eigenvalue weighted by molar-refractivity contribution is -0.120. The molecule has 162 valence electrons. The summed E-state index contributed by atoms with van der Waals surface area (Å²) in [6.45, 7) is 0.282. The molecule has 0 bridgehead atoms. The van der Waals surface area contributed by atoms with Crippen LogP contribution in [0.3, 0.4) is 0 Å². The summed E-state index contributed by atoms with van der Waals surface area (Å²) >= 11 is 13.2. The molecule has 4 rings (SSSR count). The number of hydrogen-bond acceptors (Lipinski definition) is 7. The van der Waals surface area contributed by atoms with Crippen molar-refractivity contribution in [3.63, 3.8) is 0 Å². The van der Waals surface area contributed by atoms with E-state index in [0.29, 0.717) is 39.3 Å². The van der Waals surface area contributed by atoms with Crippen LogP contribution in [0.2, 0.25) is 10.0 Å². The molecule has 1 amide bonds. The third-order valence-electron chi connectivity index (χ3n) is 4.87. The van der Waals surface area contributed by atoms with Gasteiger partial charge in [-0.25, -0.2) is 8.42 Å². The van der Waals surface area contributed by atoms with Crippen molar-refractivity contribution in [2.75, 3.05) is 11.9 Å². The monoisotopic (exact) mass is 497 g/mol. The SMILES string of the molecule is O=C1Nc2ccc(S(=O)(=O)Cc3nncs3)cc2CC1CCOc1ccc(Cl)cc1Cl. The standard InChI is InChI=1S/C20H17Cl2N3O4S2/c21-14-1-4-18(16(22)9-14)29-6-5-12-7-13-8-15(2-3-17(13)24-20(12)26)31(27,28)10-19-25-23-11-30-19/h1-4,8-9,11-12H,5-7,10H2,(H,24,26). The van der Waals surface area contributed by atoms with Crippen LogP contribution in [-0.4, -0.2) is 31.1 Å². The normalized spacial score (nSPS) is 15.9. The zero-order chi connectivity index (χ0) is 22.0. The Kier molecular flexibility index (Phi) is 6.47. The number of carbonyl (C=O) groups excluding carboxylic acids is 1. The third-order valence-corrected chi connectivity index (χ3v) is 7.90. The van der Waals surface area contributed by atoms with Crippen LogP contribution >= 0.6 is 34.5 Å². The molecule has 0 saturated heterocycles. The van der Waals surface area contributed by atoms with Gasteiger partial charge in [0.2, 0.25) is 5.91 Å². The van der Waals surface area contributed by atoms with E-state index in [2.05, 4.69) is 15.5 Å². The van der Waals surface area contributed by atoms with Crippen LogP contribution < -0.4 is 10.1 Å². The summed E-state index contributed by atoms with van der Waals surface area (Å²) in [5, 5.41) is 11.7. The highest BCUT2D eigenvalue weighted by molar-refractivity contribution is 7.90. The van der Waals surface area contributed by atoms with Gasteiger partial charge < -0.3 is 10.1 Å². The largest absolute Gasteiger partial charge is 0.492 e. The topological polar surface area (TPSA) is 98.2 Å². The number of benzene rings is 2. The molecule has 0 spiro atoms. The smallest absolute Gasteiger partial charge is 0.227 e. The Hall–Kier alpha value is -2.20. The first-order chi connectivity index (χ1) is 14.8. The maximum absolute atomic E-state index is 12.7. The van der Waals surface area contributed by atoms with Crippen molar-refractivity contribution in [1.82, 2.24) is 10.2 Å². The van der Waals surface area contributed by atoms with Gasteiger partial charge in [-0.3, -0.25) is 4.79 Å². The Morgan fingerprint density at radius 1 is 1.19 bits per heavy atom. The van der Waals surface area contributed by atoms with Gasteiger partial charge in [-0.15, -0.1) is 21.5 Å². The molecule has 3 aromatic rings. The summed E-state index contributed by atoms with van der Waals surface area (Å²) in [6.07, 6.45) is 0.868. The molecular formula is C20H17Cl2N3O4S2. The van der Waals surface area contributed by atoms with Gasteiger partial charge in [-0.2, -0.15) is 0 Å². The molecule has 0 saturated carbocycles. The molecule has 1 aliphatic rings. The van der Waals surface area contributed by atoms with Crippen molar-refractivity contribution in [3.05, 3.63) is 62.5 Å². The number of nitrogens with one attached hydrogen (secondary N) is 1. The lowest BCUT2D eigenvalue weighted by Crippen LogP contribution is -2.31. The van der Waals surface area contributed by atoms with Crippen molar-refractivity contribution >= 4 is 56.0 Å². The maximum Gasteiger partial charge on any atom is 0.227 e. The molecule has 1 N–H and O–H groups in total. The quantitative estimate of drug-likeness (QED) is 0.519. The zero-order valence-electron chi connectivity index (χ0n) is 16.0. The van der Waals surface area contributed by atoms with E-state index in [-0.39, 0.29) is 29.1 Å². The Bertz CT molecular complexity index is 1220. The number of hydrogen-bond donors (Lipinski definition) is 1. The fourth-order valence-electron chi connectivity index (χ4n) is 3.29. The van der Waals surface area contributed by atoms with Crippen LogP contribution in [0, 0.1) is 5.92 Å². The van der Waals surface area contributed by atoms with Gasteiger partial charge in [0.25, 0.3) is 0 Å². The van der Waals surface area contributed by atoms with E-state index in [4.69, 9.17) is 27.9 Å². The van der Waals surface area contributed by atoms with Gasteiger partial charge in [0.05, 0.1) is 16.5 Å². The van der Waals surface area contributed by atoms with Gasteiger partial charge in [-0.05, 0) is 54.8 Å². The van der Waals surface area contributed by atoms with Gasteiger partial charge in [-0.1, -0.05) is 23.2 Å². The number of amides is 1. The fourth-order valence-corrected chi connectivity index (χ4v) is 5.95. The summed E-state index contributed by atoms with van der Waals surface area (Å²) in [6, 6.07) is 9.69. The lowest BCUT2D eigenvalue weighted by atomic mass is 9.91. The fraction of sp³-hybridized carbons (Fsp3) is 0.250. The lowest BCUT2D eigenvalue weighted by Gasteiger charge is -2.25. The number of ether oxygens (including phenoxy) is 1. The molecular weight excluding hydrogens is 481 g/mol. The number of anilines is 1. The van der Waals surface area contributed by atoms with E-state index in [1.165, 1.54) is 22.9 Å². The highest BCUT2D eigenvalue weighted by Gasteiger charge is 2.28. The molecule has 31 heavy (non-hydrogen) atoms. The summed E-state index contributed by atoms with van der Waals surface area (Å²) < 4.78 is 31.1. The average molecular weight is 498 g/mol. The van der Waals surface area contributed by atoms with E-state index < -0.39 is 9.84 Å². The Morgan fingerprint density at radius 3 is 2.77 bits per heavy atom. The Labute approximate surface area is 193 Å². The van der Waals surface area contributed by atoms with Crippen molar-refractivity contribution < 1.29 is 17.9 Å². The van der Waals surface area contributed by atoms with E-state index in [1.807, 2.05) is 0 Å². The molecule has 1 aromatic heterocycles. The molecule has 1 atom stereocenters. The highest BCUT2D eigenvalue weighted by atomic mass is 35.5. The number of carbonyl (C=O) groups is 1. The number of rotatable bonds is 7. The maximum atomic E-state index is 12.7. The van der Waals surface area contributed by atoms with E-state index in [1.54, 1.807) is 30.3 Å². The zero-order valence-corrected chi connectivity index (χ0v) is 19.2. The minimum atomic E-state index is -3.56. The molecule has 1 unspecified atom stereocenters. The molecule has 1 aliphatic heterocycles. The average Bonchev–Trinajstić information content (AvgIpc) is 3.22. The summed E-state index contributed by atoms with van der Waals surface area (Å²) in [5.74, 6) is -0.183. The van der Waals surface area contributed by atoms with Gasteiger partial charge in [0, 0.05) is 16.6 Å². The number of aromatic nitrogens is 2. The Morgan fingerprint density at radius 2 is 2.03 bits per heavy atom. The number of fused-ring (bicyclic) bond motifs is 1. The molecule has 0 radical (unpaired) electrons. The van der Waals surface area contributed by atoms with Crippen LogP contribution in [0.1, 0.15) is 17.0 Å². The van der Waals surface area contributed by atoms with Crippen LogP contribution in [-0.2, 0) is 26.8 Å². The second-order valence-electron chi connectivity index (χ2n) is 7.01. The Balaban J connectivity index is 1.44. The van der Waals surface area contributed by atoms with Crippen molar-refractivity contribution in [3.8, 4) is 5.75 Å². The van der Waals surface area contributed by atoms with Gasteiger partial charge in [0.15, 0.2) is 9.84 Å². The van der Waals surface area contributed by atoms with Crippen molar-refractivity contribution in [2.45, 2.75) is 23.5 Å². The summed E-state index contributed by atoms with van der Waals surface area (Å²) in [7, 11) is -3.56. The molecule has 2 heterocycles. The second kappa shape index (κ2) is 9.12. The van der Waals surface area contributed by atoms with E-state index >= 15 is 0 Å². The molecule has 2 aromatic carbocycles. The minimum Gasteiger partial charge on any atom is -0.492 e. The predicted molar refractivity (Wildman–Crippen MR) is 120 cm³/mol. The third kappa shape index (κ3) is 5.17. The van der Waals surface area contributed by atoms with Crippen molar-refractivity contribution in [1.29, 1.82) is 0 Å². The van der Waals surface area contributed by atoms with Crippen molar-refractivity contribution in [2.24, 2.45) is 5.92 Å². The first-order valence-electron chi connectivity index (χ1n) is 9.31. The van der Waals surface area contributed by atoms with Crippen LogP contribution in [0.25, 0.3) is 0 Å². The van der Waals surface area contributed by atoms with Gasteiger partial charge >= 0.3 is 0 Å². The number of sulfone groups is 1. The summed E-state index contributed by atoms with van der Waals surface area (Å²) in [4.78, 5) is 12.7. The van der Waals surface area contributed by atoms with E-state index in [0.717, 1.165) is 5.56 Å².